The maximum absolute atomic E-state index is 15.4. The highest BCUT2D eigenvalue weighted by atomic mass is 32.2. The normalized spacial score (nSPS) is 17.9. The van der Waals surface area contributed by atoms with Crippen LogP contribution in [0.1, 0.15) is 78.1 Å². The Labute approximate surface area is 322 Å². The Morgan fingerprint density at radius 2 is 1.75 bits per heavy atom. The molecule has 1 fully saturated rings. The number of pyridine rings is 1. The minimum Gasteiger partial charge on any atom is -0.395 e. The highest BCUT2D eigenvalue weighted by molar-refractivity contribution is 7.89. The van der Waals surface area contributed by atoms with Crippen molar-refractivity contribution in [2.24, 2.45) is 18.4 Å². The van der Waals surface area contributed by atoms with Gasteiger partial charge in [-0.2, -0.15) is 32.1 Å². The molecule has 9 nitrogen and oxygen atoms in total. The Kier molecular flexibility index (Phi) is 9.92. The van der Waals surface area contributed by atoms with Gasteiger partial charge >= 0.3 is 6.18 Å². The van der Waals surface area contributed by atoms with Crippen molar-refractivity contribution in [3.63, 3.8) is 0 Å². The lowest BCUT2D eigenvalue weighted by Crippen LogP contribution is -2.24. The van der Waals surface area contributed by atoms with E-state index < -0.39 is 92.4 Å². The number of alkyl halides is 5. The number of aliphatic hydroxyl groups excluding tert-OH is 1. The highest BCUT2D eigenvalue weighted by Gasteiger charge is 2.68. The first-order chi connectivity index (χ1) is 26.6. The van der Waals surface area contributed by atoms with Gasteiger partial charge in [0, 0.05) is 65.1 Å². The molecule has 3 heterocycles. The predicted molar refractivity (Wildman–Crippen MR) is 195 cm³/mol. The van der Waals surface area contributed by atoms with Crippen LogP contribution in [0.15, 0.2) is 48.5 Å². The third-order valence-electron chi connectivity index (χ3n) is 10.3. The van der Waals surface area contributed by atoms with Gasteiger partial charge in [0.25, 0.3) is 5.92 Å². The lowest BCUT2D eigenvalue weighted by Gasteiger charge is -2.21. The van der Waals surface area contributed by atoms with Crippen LogP contribution in [-0.4, -0.2) is 56.7 Å². The van der Waals surface area contributed by atoms with Gasteiger partial charge in [0.1, 0.15) is 29.6 Å². The summed E-state index contributed by atoms with van der Waals surface area (Å²) in [6.07, 6.45) is -4.90. The number of carbonyl (C=O) groups is 1. The molecule has 0 radical (unpaired) electrons. The third kappa shape index (κ3) is 7.94. The lowest BCUT2D eigenvalue weighted by molar-refractivity contribution is -0.142. The number of hydrogen-bond acceptors (Lipinski definition) is 7. The van der Waals surface area contributed by atoms with E-state index in [-0.39, 0.29) is 47.8 Å². The zero-order chi connectivity index (χ0) is 41.4. The van der Waals surface area contributed by atoms with E-state index in [4.69, 9.17) is 4.98 Å². The second kappa shape index (κ2) is 14.1. The number of fused-ring (bicyclic) bond motifs is 4. The van der Waals surface area contributed by atoms with Crippen molar-refractivity contribution in [2.75, 3.05) is 12.9 Å². The summed E-state index contributed by atoms with van der Waals surface area (Å²) in [5, 5.41) is 18.2. The van der Waals surface area contributed by atoms with Crippen molar-refractivity contribution in [3.8, 4) is 23.0 Å². The van der Waals surface area contributed by atoms with Gasteiger partial charge in [-0.05, 0) is 68.4 Å². The van der Waals surface area contributed by atoms with E-state index in [9.17, 15) is 40.3 Å². The van der Waals surface area contributed by atoms with Crippen LogP contribution in [0.3, 0.4) is 0 Å². The fourth-order valence-electron chi connectivity index (χ4n) is 7.72. The Hall–Kier alpha value is -5.08. The van der Waals surface area contributed by atoms with Gasteiger partial charge in [0.2, 0.25) is 0 Å². The molecule has 0 unspecified atom stereocenters. The number of para-hydroxylation sites is 1. The van der Waals surface area contributed by atoms with E-state index in [0.29, 0.717) is 32.8 Å². The number of ketones is 1. The second-order valence-corrected chi connectivity index (χ2v) is 17.7. The van der Waals surface area contributed by atoms with E-state index in [1.54, 1.807) is 51.2 Å². The molecule has 2 aromatic carbocycles. The molecule has 2 aliphatic carbocycles. The summed E-state index contributed by atoms with van der Waals surface area (Å²) in [5.74, 6) is -4.24. The fourth-order valence-corrected chi connectivity index (χ4v) is 8.43. The van der Waals surface area contributed by atoms with Crippen LogP contribution in [0.5, 0.6) is 0 Å². The summed E-state index contributed by atoms with van der Waals surface area (Å²) in [4.78, 5) is 18.8. The quantitative estimate of drug-likeness (QED) is 0.110. The first kappa shape index (κ1) is 40.1. The molecule has 0 bridgehead atoms. The van der Waals surface area contributed by atoms with Gasteiger partial charge in [-0.25, -0.2) is 22.2 Å². The zero-order valence-corrected chi connectivity index (χ0v) is 31.9. The number of benzene rings is 2. The number of Topliss-reactive ketones (excluding diaryl/α,β-unsaturated/α-hetero) is 1. The van der Waals surface area contributed by atoms with Gasteiger partial charge in [-0.3, -0.25) is 14.2 Å². The van der Waals surface area contributed by atoms with Gasteiger partial charge in [-0.1, -0.05) is 24.1 Å². The van der Waals surface area contributed by atoms with Crippen LogP contribution < -0.4 is 0 Å². The summed E-state index contributed by atoms with van der Waals surface area (Å²) in [6, 6.07) is 11.0. The average molecular weight is 816 g/mol. The van der Waals surface area contributed by atoms with Crippen molar-refractivity contribution in [1.82, 2.24) is 24.5 Å². The molecule has 0 amide bonds. The number of halogens is 7. The molecule has 5 aromatic rings. The van der Waals surface area contributed by atoms with Gasteiger partial charge in [0.05, 0.1) is 29.3 Å². The van der Waals surface area contributed by atoms with Gasteiger partial charge in [0.15, 0.2) is 21.3 Å². The number of hydrogen-bond donors (Lipinski definition) is 1. The van der Waals surface area contributed by atoms with Crippen molar-refractivity contribution < 1.29 is 49.1 Å². The summed E-state index contributed by atoms with van der Waals surface area (Å²) < 4.78 is 129. The van der Waals surface area contributed by atoms with Crippen molar-refractivity contribution in [3.05, 3.63) is 99.8 Å². The summed E-state index contributed by atoms with van der Waals surface area (Å²) in [5.41, 5.74) is -1.83. The van der Waals surface area contributed by atoms with E-state index >= 15 is 8.78 Å². The third-order valence-corrected chi connectivity index (χ3v) is 11.1. The number of aliphatic hydroxyl groups is 1. The molecule has 0 spiro atoms. The summed E-state index contributed by atoms with van der Waals surface area (Å²) in [6.45, 7) is 2.14. The number of aromatic nitrogens is 5. The molecule has 0 saturated heterocycles. The van der Waals surface area contributed by atoms with Crippen LogP contribution in [-0.2, 0) is 52.5 Å². The van der Waals surface area contributed by atoms with Crippen LogP contribution in [0, 0.1) is 34.8 Å². The van der Waals surface area contributed by atoms with E-state index in [2.05, 4.69) is 22.0 Å². The molecule has 300 valence electrons. The van der Waals surface area contributed by atoms with Gasteiger partial charge < -0.3 is 5.11 Å². The molecule has 3 atom stereocenters. The smallest absolute Gasteiger partial charge is 0.395 e. The molecule has 0 aliphatic heterocycles. The van der Waals surface area contributed by atoms with Gasteiger partial charge in [-0.15, -0.1) is 0 Å². The molecule has 57 heavy (non-hydrogen) atoms. The standard InChI is InChI=1S/C40H36F7N5O4S/c1-38(2,20-53)11-10-25-8-9-27(28-6-5-7-29-32(19-57(4,55)56)49-51(3)35(28)29)34(48-25)22(12-21-13-23(41)16-24(42)14-21)15-26(54)18-52-37-33(36(50-52)40(45,46)47)30-17-31(30)39(37,43)44/h5-9,13-14,16,22,30-31,53H,12,15,17-20H2,1-4H3/t22-,30+,31-/m1/s1. The highest BCUT2D eigenvalue weighted by Crippen LogP contribution is 2.68. The fraction of sp³-hybridized carbons (Fsp3) is 0.400. The molecular formula is C40H36F7N5O4S. The molecule has 7 rings (SSSR count). The number of sulfone groups is 1. The Morgan fingerprint density at radius 1 is 1.05 bits per heavy atom. The van der Waals surface area contributed by atoms with Crippen molar-refractivity contribution >= 4 is 26.5 Å². The molecule has 1 N–H and O–H groups in total. The minimum absolute atomic E-state index is 0.0936. The van der Waals surface area contributed by atoms with Crippen molar-refractivity contribution in [2.45, 2.75) is 69.3 Å². The second-order valence-electron chi connectivity index (χ2n) is 15.5. The van der Waals surface area contributed by atoms with E-state index in [1.165, 1.54) is 4.68 Å². The Morgan fingerprint density at radius 3 is 2.40 bits per heavy atom. The molecule has 2 aliphatic rings. The summed E-state index contributed by atoms with van der Waals surface area (Å²) >= 11 is 0. The topological polar surface area (TPSA) is 120 Å². The maximum Gasteiger partial charge on any atom is 0.435 e. The number of carbonyl (C=O) groups excluding carboxylic acids is 1. The summed E-state index contributed by atoms with van der Waals surface area (Å²) in [7, 11) is -1.91. The monoisotopic (exact) mass is 815 g/mol. The minimum atomic E-state index is -5.05. The molecule has 3 aromatic heterocycles. The average Bonchev–Trinajstić information content (AvgIpc) is 3.65. The largest absolute Gasteiger partial charge is 0.435 e. The lowest BCUT2D eigenvalue weighted by atomic mass is 9.86. The van der Waals surface area contributed by atoms with Crippen LogP contribution >= 0.6 is 0 Å². The molecule has 17 heteroatoms. The first-order valence-corrected chi connectivity index (χ1v) is 19.9. The zero-order valence-electron chi connectivity index (χ0n) is 31.1. The van der Waals surface area contributed by atoms with Crippen LogP contribution in [0.2, 0.25) is 0 Å². The van der Waals surface area contributed by atoms with E-state index in [0.717, 1.165) is 18.4 Å². The molecular weight excluding hydrogens is 780 g/mol. The predicted octanol–water partition coefficient (Wildman–Crippen LogP) is 7.24. The van der Waals surface area contributed by atoms with Crippen LogP contribution in [0.25, 0.3) is 22.0 Å². The van der Waals surface area contributed by atoms with Crippen LogP contribution in [0.4, 0.5) is 30.7 Å². The van der Waals surface area contributed by atoms with Crippen molar-refractivity contribution in [1.29, 1.82) is 0 Å². The number of rotatable bonds is 11. The number of nitrogens with zero attached hydrogens (tertiary/aromatic N) is 5. The Balaban J connectivity index is 1.38. The molecule has 1 saturated carbocycles. The maximum atomic E-state index is 15.4. The number of aryl methyl sites for hydroxylation is 1. The first-order valence-electron chi connectivity index (χ1n) is 17.9. The van der Waals surface area contributed by atoms with E-state index in [1.807, 2.05) is 0 Å². The Bertz CT molecular complexity index is 2600. The SMILES string of the molecule is Cn1nc(CS(C)(=O)=O)c2cccc(-c3ccc(C#CC(C)(C)CO)nc3[C@@H](CC(=O)Cn3nc(C(F)(F)F)c4c3C(F)(F)[C@@H]3C[C@H]43)Cc3cc(F)cc(F)c3)c21.